The van der Waals surface area contributed by atoms with E-state index in [9.17, 15) is 9.59 Å². The summed E-state index contributed by atoms with van der Waals surface area (Å²) in [6.45, 7) is 0. The Kier molecular flexibility index (Phi) is 3.00. The third kappa shape index (κ3) is 2.57. The monoisotopic (exact) mass is 230 g/mol. The molecule has 2 heterocycles. The molecule has 0 unspecified atom stereocenters. The average molecular weight is 230 g/mol. The number of carboxylic acid groups (broad SMARTS) is 1. The van der Waals surface area contributed by atoms with E-state index in [-0.39, 0.29) is 12.0 Å². The first-order chi connectivity index (χ1) is 8.16. The summed E-state index contributed by atoms with van der Waals surface area (Å²) in [5, 5.41) is 8.80. The Labute approximate surface area is 96.8 Å². The van der Waals surface area contributed by atoms with Crippen LogP contribution in [0.5, 0.6) is 0 Å². The van der Waals surface area contributed by atoms with Crippen molar-refractivity contribution in [2.24, 2.45) is 0 Å². The molecule has 0 saturated heterocycles. The first-order valence-corrected chi connectivity index (χ1v) is 5.00. The lowest BCUT2D eigenvalue weighted by Crippen LogP contribution is -2.10. The van der Waals surface area contributed by atoms with Gasteiger partial charge in [-0.25, -0.2) is 0 Å². The molecular formula is C12H10N2O3. The van der Waals surface area contributed by atoms with Crippen molar-refractivity contribution in [1.82, 2.24) is 9.97 Å². The standard InChI is InChI=1S/C12H10N2O3/c15-11-4-9(5-12(16)17)10(7-14-11)8-2-1-3-13-6-8/h1-4,6-7H,5H2,(H,14,15)(H,16,17). The van der Waals surface area contributed by atoms with E-state index in [1.165, 1.54) is 12.3 Å². The number of pyridine rings is 2. The van der Waals surface area contributed by atoms with Crippen molar-refractivity contribution in [2.75, 3.05) is 0 Å². The molecule has 2 aromatic rings. The van der Waals surface area contributed by atoms with Gasteiger partial charge < -0.3 is 10.1 Å². The first kappa shape index (κ1) is 11.1. The minimum Gasteiger partial charge on any atom is -0.481 e. The molecule has 0 fully saturated rings. The number of hydrogen-bond acceptors (Lipinski definition) is 3. The van der Waals surface area contributed by atoms with Gasteiger partial charge in [0.15, 0.2) is 0 Å². The van der Waals surface area contributed by atoms with E-state index >= 15 is 0 Å². The molecule has 0 aliphatic carbocycles. The van der Waals surface area contributed by atoms with Crippen LogP contribution in [0.1, 0.15) is 5.56 Å². The number of aliphatic carboxylic acids is 1. The fourth-order valence-corrected chi connectivity index (χ4v) is 1.61. The third-order valence-corrected chi connectivity index (χ3v) is 2.32. The topological polar surface area (TPSA) is 83.0 Å². The number of aromatic nitrogens is 2. The van der Waals surface area contributed by atoms with Crippen LogP contribution < -0.4 is 5.56 Å². The molecule has 0 aliphatic heterocycles. The second-order valence-corrected chi connectivity index (χ2v) is 3.55. The van der Waals surface area contributed by atoms with Crippen LogP contribution in [0.2, 0.25) is 0 Å². The largest absolute Gasteiger partial charge is 0.481 e. The minimum absolute atomic E-state index is 0.186. The van der Waals surface area contributed by atoms with Crippen LogP contribution >= 0.6 is 0 Å². The van der Waals surface area contributed by atoms with Crippen LogP contribution in [0, 0.1) is 0 Å². The zero-order valence-corrected chi connectivity index (χ0v) is 8.88. The summed E-state index contributed by atoms with van der Waals surface area (Å²) < 4.78 is 0. The Morgan fingerprint density at radius 2 is 2.29 bits per heavy atom. The molecule has 5 heteroatoms. The van der Waals surface area contributed by atoms with Gasteiger partial charge in [0.1, 0.15) is 0 Å². The summed E-state index contributed by atoms with van der Waals surface area (Å²) in [5.41, 5.74) is 1.63. The molecule has 0 saturated carbocycles. The van der Waals surface area contributed by atoms with Gasteiger partial charge in [-0.2, -0.15) is 0 Å². The van der Waals surface area contributed by atoms with Gasteiger partial charge in [0.2, 0.25) is 5.56 Å². The second kappa shape index (κ2) is 4.61. The number of rotatable bonds is 3. The zero-order valence-electron chi connectivity index (χ0n) is 8.88. The summed E-state index contributed by atoms with van der Waals surface area (Å²) in [5.74, 6) is -0.972. The lowest BCUT2D eigenvalue weighted by molar-refractivity contribution is -0.136. The third-order valence-electron chi connectivity index (χ3n) is 2.32. The molecule has 0 atom stereocenters. The highest BCUT2D eigenvalue weighted by atomic mass is 16.4. The molecule has 0 spiro atoms. The van der Waals surface area contributed by atoms with E-state index in [4.69, 9.17) is 5.11 Å². The van der Waals surface area contributed by atoms with Gasteiger partial charge >= 0.3 is 5.97 Å². The molecule has 0 radical (unpaired) electrons. The van der Waals surface area contributed by atoms with Crippen molar-refractivity contribution >= 4 is 5.97 Å². The van der Waals surface area contributed by atoms with Crippen LogP contribution in [-0.4, -0.2) is 21.0 Å². The summed E-state index contributed by atoms with van der Waals surface area (Å²) in [4.78, 5) is 28.4. The van der Waals surface area contributed by atoms with Gasteiger partial charge in [-0.3, -0.25) is 14.6 Å². The Bertz CT molecular complexity index is 590. The number of nitrogens with one attached hydrogen (secondary N) is 1. The van der Waals surface area contributed by atoms with Gasteiger partial charge in [0.05, 0.1) is 6.42 Å². The van der Waals surface area contributed by atoms with E-state index in [2.05, 4.69) is 9.97 Å². The zero-order chi connectivity index (χ0) is 12.3. The van der Waals surface area contributed by atoms with Crippen molar-refractivity contribution in [3.05, 3.63) is 52.7 Å². The van der Waals surface area contributed by atoms with Crippen LogP contribution in [-0.2, 0) is 11.2 Å². The highest BCUT2D eigenvalue weighted by Crippen LogP contribution is 2.20. The van der Waals surface area contributed by atoms with Crippen molar-refractivity contribution in [2.45, 2.75) is 6.42 Å². The van der Waals surface area contributed by atoms with E-state index in [1.807, 2.05) is 6.07 Å². The molecule has 0 aromatic carbocycles. The quantitative estimate of drug-likeness (QED) is 0.826. The van der Waals surface area contributed by atoms with E-state index in [0.29, 0.717) is 11.1 Å². The highest BCUT2D eigenvalue weighted by molar-refractivity contribution is 5.75. The predicted molar refractivity (Wildman–Crippen MR) is 61.6 cm³/mol. The summed E-state index contributed by atoms with van der Waals surface area (Å²) in [6, 6.07) is 4.87. The molecule has 2 aromatic heterocycles. The van der Waals surface area contributed by atoms with E-state index in [1.54, 1.807) is 18.5 Å². The number of carboxylic acids is 1. The highest BCUT2D eigenvalue weighted by Gasteiger charge is 2.09. The molecule has 0 amide bonds. The molecule has 2 rings (SSSR count). The van der Waals surface area contributed by atoms with Crippen molar-refractivity contribution in [1.29, 1.82) is 0 Å². The van der Waals surface area contributed by atoms with Gasteiger partial charge in [0.25, 0.3) is 0 Å². The molecule has 0 bridgehead atoms. The van der Waals surface area contributed by atoms with Crippen LogP contribution in [0.4, 0.5) is 0 Å². The maximum absolute atomic E-state index is 11.2. The Hall–Kier alpha value is -2.43. The van der Waals surface area contributed by atoms with Gasteiger partial charge in [-0.05, 0) is 11.6 Å². The molecule has 86 valence electrons. The average Bonchev–Trinajstić information content (AvgIpc) is 2.29. The lowest BCUT2D eigenvalue weighted by Gasteiger charge is -2.06. The van der Waals surface area contributed by atoms with Crippen LogP contribution in [0.25, 0.3) is 11.1 Å². The summed E-state index contributed by atoms with van der Waals surface area (Å²) in [6.07, 6.45) is 4.58. The number of aromatic amines is 1. The fraction of sp³-hybridized carbons (Fsp3) is 0.0833. The lowest BCUT2D eigenvalue weighted by atomic mass is 10.0. The Balaban J connectivity index is 2.53. The molecule has 0 aliphatic rings. The number of hydrogen-bond donors (Lipinski definition) is 2. The Morgan fingerprint density at radius 1 is 1.47 bits per heavy atom. The Morgan fingerprint density at radius 3 is 2.94 bits per heavy atom. The normalized spacial score (nSPS) is 10.1. The maximum Gasteiger partial charge on any atom is 0.307 e. The number of carbonyl (C=O) groups is 1. The van der Waals surface area contributed by atoms with Gasteiger partial charge in [-0.1, -0.05) is 6.07 Å². The molecule has 5 nitrogen and oxygen atoms in total. The van der Waals surface area contributed by atoms with E-state index < -0.39 is 5.97 Å². The number of nitrogens with zero attached hydrogens (tertiary/aromatic N) is 1. The van der Waals surface area contributed by atoms with Gasteiger partial charge in [0, 0.05) is 35.8 Å². The minimum atomic E-state index is -0.972. The van der Waals surface area contributed by atoms with Crippen LogP contribution in [0.3, 0.4) is 0 Å². The number of H-pyrrole nitrogens is 1. The molecule has 17 heavy (non-hydrogen) atoms. The van der Waals surface area contributed by atoms with Crippen molar-refractivity contribution in [3.63, 3.8) is 0 Å². The summed E-state index contributed by atoms with van der Waals surface area (Å²) >= 11 is 0. The first-order valence-electron chi connectivity index (χ1n) is 5.00. The molecule has 2 N–H and O–H groups in total. The molecular weight excluding hydrogens is 220 g/mol. The second-order valence-electron chi connectivity index (χ2n) is 3.55. The fourth-order valence-electron chi connectivity index (χ4n) is 1.61. The SMILES string of the molecule is O=C(O)Cc1cc(=O)[nH]cc1-c1cccnc1. The summed E-state index contributed by atoms with van der Waals surface area (Å²) in [7, 11) is 0. The van der Waals surface area contributed by atoms with Crippen molar-refractivity contribution < 1.29 is 9.90 Å². The van der Waals surface area contributed by atoms with Gasteiger partial charge in [-0.15, -0.1) is 0 Å². The van der Waals surface area contributed by atoms with Crippen molar-refractivity contribution in [3.8, 4) is 11.1 Å². The maximum atomic E-state index is 11.2. The van der Waals surface area contributed by atoms with Crippen LogP contribution in [0.15, 0.2) is 41.6 Å². The van der Waals surface area contributed by atoms with E-state index in [0.717, 1.165) is 5.56 Å². The predicted octanol–water partition coefficient (Wildman–Crippen LogP) is 1.06. The smallest absolute Gasteiger partial charge is 0.307 e.